The van der Waals surface area contributed by atoms with E-state index in [2.05, 4.69) is 10.3 Å². The zero-order chi connectivity index (χ0) is 17.0. The van der Waals surface area contributed by atoms with Crippen molar-refractivity contribution in [3.8, 4) is 5.88 Å². The standard InChI is InChI=1S/C15H20F3N3O2/c1-10-6-11(7-13(20-10)23-2)9-21(14(22)15(16,17)18)12-4-3-5-19-8-12/h6-7,12,19H,3-5,8-9H2,1-2H3/t12-/m0/s1. The number of hydrogen-bond acceptors (Lipinski definition) is 4. The molecule has 1 aromatic rings. The third-order valence-electron chi connectivity index (χ3n) is 3.77. The van der Waals surface area contributed by atoms with Gasteiger partial charge in [-0.1, -0.05) is 0 Å². The summed E-state index contributed by atoms with van der Waals surface area (Å²) in [6.45, 7) is 2.73. The van der Waals surface area contributed by atoms with Crippen LogP contribution in [0.3, 0.4) is 0 Å². The summed E-state index contributed by atoms with van der Waals surface area (Å²) in [5, 5.41) is 3.04. The van der Waals surface area contributed by atoms with Crippen molar-refractivity contribution in [2.45, 2.75) is 38.5 Å². The number of pyridine rings is 1. The van der Waals surface area contributed by atoms with Crippen LogP contribution in [0.15, 0.2) is 12.1 Å². The number of carbonyl (C=O) groups excluding carboxylic acids is 1. The number of methoxy groups -OCH3 is 1. The molecule has 0 aliphatic carbocycles. The number of nitrogens with zero attached hydrogens (tertiary/aromatic N) is 2. The fraction of sp³-hybridized carbons (Fsp3) is 0.600. The van der Waals surface area contributed by atoms with Crippen molar-refractivity contribution in [2.75, 3.05) is 20.2 Å². The van der Waals surface area contributed by atoms with E-state index in [-0.39, 0.29) is 6.54 Å². The zero-order valence-electron chi connectivity index (χ0n) is 13.1. The first-order valence-electron chi connectivity index (χ1n) is 7.41. The van der Waals surface area contributed by atoms with Crippen molar-refractivity contribution in [3.05, 3.63) is 23.4 Å². The van der Waals surface area contributed by atoms with Gasteiger partial charge in [-0.2, -0.15) is 13.2 Å². The molecule has 0 unspecified atom stereocenters. The smallest absolute Gasteiger partial charge is 0.471 e. The number of amides is 1. The van der Waals surface area contributed by atoms with Crippen LogP contribution in [0.1, 0.15) is 24.1 Å². The van der Waals surface area contributed by atoms with E-state index in [1.807, 2.05) is 0 Å². The minimum Gasteiger partial charge on any atom is -0.481 e. The highest BCUT2D eigenvalue weighted by Gasteiger charge is 2.44. The number of rotatable bonds is 4. The second kappa shape index (κ2) is 7.16. The molecule has 0 radical (unpaired) electrons. The van der Waals surface area contributed by atoms with Gasteiger partial charge in [-0.05, 0) is 37.9 Å². The van der Waals surface area contributed by atoms with E-state index < -0.39 is 18.1 Å². The molecule has 0 spiro atoms. The van der Waals surface area contributed by atoms with Crippen LogP contribution in [0.5, 0.6) is 5.88 Å². The summed E-state index contributed by atoms with van der Waals surface area (Å²) in [5.74, 6) is -1.49. The van der Waals surface area contributed by atoms with Gasteiger partial charge >= 0.3 is 12.1 Å². The Morgan fingerprint density at radius 1 is 1.48 bits per heavy atom. The first-order valence-corrected chi connectivity index (χ1v) is 7.41. The summed E-state index contributed by atoms with van der Waals surface area (Å²) in [6.07, 6.45) is -3.59. The number of hydrogen-bond donors (Lipinski definition) is 1. The minimum absolute atomic E-state index is 0.121. The molecule has 1 amide bonds. The van der Waals surface area contributed by atoms with Crippen molar-refractivity contribution in [2.24, 2.45) is 0 Å². The van der Waals surface area contributed by atoms with Gasteiger partial charge in [0.05, 0.1) is 7.11 Å². The Bertz CT molecular complexity index is 557. The summed E-state index contributed by atoms with van der Waals surface area (Å²) in [7, 11) is 1.44. The van der Waals surface area contributed by atoms with Gasteiger partial charge in [0.1, 0.15) is 0 Å². The predicted octanol–water partition coefficient (Wildman–Crippen LogP) is 2.04. The van der Waals surface area contributed by atoms with Crippen LogP contribution < -0.4 is 10.1 Å². The molecule has 0 bridgehead atoms. The maximum Gasteiger partial charge on any atom is 0.471 e. The molecule has 1 N–H and O–H groups in total. The van der Waals surface area contributed by atoms with E-state index in [1.165, 1.54) is 7.11 Å². The maximum atomic E-state index is 12.9. The van der Waals surface area contributed by atoms with E-state index >= 15 is 0 Å². The molecule has 5 nitrogen and oxygen atoms in total. The first kappa shape index (κ1) is 17.5. The highest BCUT2D eigenvalue weighted by molar-refractivity contribution is 5.82. The average molecular weight is 331 g/mol. The number of halogens is 3. The molecule has 0 saturated carbocycles. The first-order chi connectivity index (χ1) is 10.8. The Hall–Kier alpha value is -1.83. The van der Waals surface area contributed by atoms with Crippen molar-refractivity contribution in [1.82, 2.24) is 15.2 Å². The number of ether oxygens (including phenoxy) is 1. The summed E-state index contributed by atoms with van der Waals surface area (Å²) in [5.41, 5.74) is 1.19. The molecule has 1 aliphatic rings. The molecule has 23 heavy (non-hydrogen) atoms. The van der Waals surface area contributed by atoms with Crippen LogP contribution in [0.25, 0.3) is 0 Å². The Balaban J connectivity index is 2.26. The van der Waals surface area contributed by atoms with Gasteiger partial charge in [0.2, 0.25) is 5.88 Å². The van der Waals surface area contributed by atoms with Crippen molar-refractivity contribution in [1.29, 1.82) is 0 Å². The van der Waals surface area contributed by atoms with Gasteiger partial charge in [-0.25, -0.2) is 4.98 Å². The molecule has 1 aliphatic heterocycles. The number of alkyl halides is 3. The SMILES string of the molecule is COc1cc(CN(C(=O)C(F)(F)F)[C@H]2CCCNC2)cc(C)n1. The normalized spacial score (nSPS) is 18.6. The Morgan fingerprint density at radius 3 is 2.78 bits per heavy atom. The van der Waals surface area contributed by atoms with Crippen LogP contribution in [0.2, 0.25) is 0 Å². The van der Waals surface area contributed by atoms with E-state index in [0.29, 0.717) is 30.1 Å². The van der Waals surface area contributed by atoms with Crippen LogP contribution in [-0.2, 0) is 11.3 Å². The van der Waals surface area contributed by atoms with Gasteiger partial charge < -0.3 is 15.0 Å². The van der Waals surface area contributed by atoms with Crippen molar-refractivity contribution in [3.63, 3.8) is 0 Å². The van der Waals surface area contributed by atoms with E-state index in [4.69, 9.17) is 4.74 Å². The molecule has 1 fully saturated rings. The molecule has 8 heteroatoms. The third kappa shape index (κ3) is 4.57. The largest absolute Gasteiger partial charge is 0.481 e. The highest BCUT2D eigenvalue weighted by Crippen LogP contribution is 2.25. The lowest BCUT2D eigenvalue weighted by molar-refractivity contribution is -0.189. The molecule has 2 heterocycles. The number of carbonyl (C=O) groups is 1. The van der Waals surface area contributed by atoms with E-state index in [0.717, 1.165) is 17.9 Å². The quantitative estimate of drug-likeness (QED) is 0.917. The Kier molecular flexibility index (Phi) is 5.46. The van der Waals surface area contributed by atoms with Crippen molar-refractivity contribution < 1.29 is 22.7 Å². The summed E-state index contributed by atoms with van der Waals surface area (Å²) in [6, 6.07) is 2.74. The van der Waals surface area contributed by atoms with Gasteiger partial charge in [0.25, 0.3) is 0 Å². The van der Waals surface area contributed by atoms with Crippen LogP contribution in [0, 0.1) is 6.92 Å². The summed E-state index contributed by atoms with van der Waals surface area (Å²) >= 11 is 0. The molecule has 128 valence electrons. The van der Waals surface area contributed by atoms with Gasteiger partial charge in [-0.3, -0.25) is 4.79 Å². The van der Waals surface area contributed by atoms with Crippen LogP contribution >= 0.6 is 0 Å². The molecular formula is C15H20F3N3O2. The fourth-order valence-electron chi connectivity index (χ4n) is 2.73. The lowest BCUT2D eigenvalue weighted by atomic mass is 10.0. The summed E-state index contributed by atoms with van der Waals surface area (Å²) < 4.78 is 43.8. The van der Waals surface area contributed by atoms with E-state index in [1.54, 1.807) is 19.1 Å². The highest BCUT2D eigenvalue weighted by atomic mass is 19.4. The minimum atomic E-state index is -4.89. The van der Waals surface area contributed by atoms with Crippen molar-refractivity contribution >= 4 is 5.91 Å². The van der Waals surface area contributed by atoms with Gasteiger partial charge in [0.15, 0.2) is 0 Å². The monoisotopic (exact) mass is 331 g/mol. The molecule has 1 aromatic heterocycles. The lowest BCUT2D eigenvalue weighted by Crippen LogP contribution is -2.52. The number of aryl methyl sites for hydroxylation is 1. The molecule has 1 saturated heterocycles. The van der Waals surface area contributed by atoms with Gasteiger partial charge in [-0.15, -0.1) is 0 Å². The maximum absolute atomic E-state index is 12.9. The Morgan fingerprint density at radius 2 is 2.22 bits per heavy atom. The third-order valence-corrected chi connectivity index (χ3v) is 3.77. The zero-order valence-corrected chi connectivity index (χ0v) is 13.1. The van der Waals surface area contributed by atoms with Crippen LogP contribution in [0.4, 0.5) is 13.2 Å². The molecular weight excluding hydrogens is 311 g/mol. The Labute approximate surface area is 132 Å². The number of aromatic nitrogens is 1. The predicted molar refractivity (Wildman–Crippen MR) is 78.0 cm³/mol. The topological polar surface area (TPSA) is 54.5 Å². The fourth-order valence-corrected chi connectivity index (χ4v) is 2.73. The molecule has 1 atom stereocenters. The van der Waals surface area contributed by atoms with E-state index in [9.17, 15) is 18.0 Å². The average Bonchev–Trinajstić information content (AvgIpc) is 2.51. The molecule has 2 rings (SSSR count). The summed E-state index contributed by atoms with van der Waals surface area (Å²) in [4.78, 5) is 16.8. The second-order valence-electron chi connectivity index (χ2n) is 5.59. The van der Waals surface area contributed by atoms with Crippen LogP contribution in [-0.4, -0.2) is 48.2 Å². The number of piperidine rings is 1. The number of nitrogens with one attached hydrogen (secondary N) is 1. The van der Waals surface area contributed by atoms with Gasteiger partial charge in [0, 0.05) is 30.9 Å². The second-order valence-corrected chi connectivity index (χ2v) is 5.59. The molecule has 0 aromatic carbocycles. The lowest BCUT2D eigenvalue weighted by Gasteiger charge is -2.35.